The Kier molecular flexibility index (Phi) is 4.42. The molecule has 1 aliphatic rings. The summed E-state index contributed by atoms with van der Waals surface area (Å²) in [5.74, 6) is 1.17. The third kappa shape index (κ3) is 3.26. The van der Waals surface area contributed by atoms with Gasteiger partial charge in [0, 0.05) is 13.1 Å². The Morgan fingerprint density at radius 3 is 2.74 bits per heavy atom. The lowest BCUT2D eigenvalue weighted by atomic mass is 9.89. The van der Waals surface area contributed by atoms with E-state index in [2.05, 4.69) is 18.7 Å². The molecule has 1 aromatic carbocycles. The summed E-state index contributed by atoms with van der Waals surface area (Å²) in [6, 6.07) is 6.74. The Hall–Kier alpha value is -1.56. The molecule has 2 nitrogen and oxygen atoms in total. The molecule has 1 saturated heterocycles. The van der Waals surface area contributed by atoms with Gasteiger partial charge in [-0.2, -0.15) is 5.26 Å². The summed E-state index contributed by atoms with van der Waals surface area (Å²) in [7, 11) is 0. The van der Waals surface area contributed by atoms with E-state index in [1.54, 1.807) is 12.1 Å². The van der Waals surface area contributed by atoms with Gasteiger partial charge in [-0.3, -0.25) is 0 Å². The largest absolute Gasteiger partial charge is 0.369 e. The SMILES string of the molecule is CC(C)C1CCCN(c2ccc(C#N)cc2F)CC1. The second-order valence-corrected chi connectivity index (χ2v) is 5.70. The summed E-state index contributed by atoms with van der Waals surface area (Å²) in [6.45, 7) is 6.35. The van der Waals surface area contributed by atoms with Crippen molar-refractivity contribution in [2.45, 2.75) is 33.1 Å². The van der Waals surface area contributed by atoms with E-state index in [1.165, 1.54) is 12.5 Å². The lowest BCUT2D eigenvalue weighted by molar-refractivity contribution is 0.351. The van der Waals surface area contributed by atoms with Crippen molar-refractivity contribution in [3.63, 3.8) is 0 Å². The molecular formula is C16H21FN2. The van der Waals surface area contributed by atoms with Crippen LogP contribution in [0.4, 0.5) is 10.1 Å². The molecule has 1 aliphatic heterocycles. The lowest BCUT2D eigenvalue weighted by Crippen LogP contribution is -2.25. The van der Waals surface area contributed by atoms with E-state index in [9.17, 15) is 4.39 Å². The molecule has 0 aliphatic carbocycles. The zero-order valence-corrected chi connectivity index (χ0v) is 11.7. The Bertz CT molecular complexity index is 476. The van der Waals surface area contributed by atoms with Crippen molar-refractivity contribution in [1.29, 1.82) is 5.26 Å². The van der Waals surface area contributed by atoms with Crippen molar-refractivity contribution in [2.24, 2.45) is 11.8 Å². The molecular weight excluding hydrogens is 239 g/mol. The molecule has 0 spiro atoms. The van der Waals surface area contributed by atoms with Crippen molar-refractivity contribution >= 4 is 5.69 Å². The number of nitriles is 1. The van der Waals surface area contributed by atoms with Crippen LogP contribution in [-0.2, 0) is 0 Å². The molecule has 0 aromatic heterocycles. The predicted octanol–water partition coefficient (Wildman–Crippen LogP) is 3.96. The minimum absolute atomic E-state index is 0.276. The van der Waals surface area contributed by atoms with Crippen LogP contribution in [0.15, 0.2) is 18.2 Å². The summed E-state index contributed by atoms with van der Waals surface area (Å²) in [5.41, 5.74) is 1.03. The van der Waals surface area contributed by atoms with Crippen LogP contribution in [0.2, 0.25) is 0 Å². The average molecular weight is 260 g/mol. The average Bonchev–Trinajstić information content (AvgIpc) is 2.64. The van der Waals surface area contributed by atoms with Gasteiger partial charge in [0.05, 0.1) is 17.3 Å². The minimum Gasteiger partial charge on any atom is -0.369 e. The van der Waals surface area contributed by atoms with Gasteiger partial charge in [0.15, 0.2) is 0 Å². The highest BCUT2D eigenvalue weighted by atomic mass is 19.1. The van der Waals surface area contributed by atoms with Crippen LogP contribution >= 0.6 is 0 Å². The monoisotopic (exact) mass is 260 g/mol. The van der Waals surface area contributed by atoms with Crippen LogP contribution in [-0.4, -0.2) is 13.1 Å². The highest BCUT2D eigenvalue weighted by Gasteiger charge is 2.21. The quantitative estimate of drug-likeness (QED) is 0.804. The summed E-state index contributed by atoms with van der Waals surface area (Å²) in [6.07, 6.45) is 3.46. The van der Waals surface area contributed by atoms with E-state index >= 15 is 0 Å². The topological polar surface area (TPSA) is 27.0 Å². The first-order chi connectivity index (χ1) is 9.11. The van der Waals surface area contributed by atoms with Crippen LogP contribution in [0.1, 0.15) is 38.7 Å². The predicted molar refractivity (Wildman–Crippen MR) is 75.5 cm³/mol. The van der Waals surface area contributed by atoms with Gasteiger partial charge in [-0.1, -0.05) is 13.8 Å². The maximum Gasteiger partial charge on any atom is 0.147 e. The van der Waals surface area contributed by atoms with Crippen molar-refractivity contribution in [2.75, 3.05) is 18.0 Å². The molecule has 3 heteroatoms. The molecule has 0 saturated carbocycles. The first-order valence-corrected chi connectivity index (χ1v) is 7.06. The molecule has 1 unspecified atom stereocenters. The van der Waals surface area contributed by atoms with Gasteiger partial charge in [-0.25, -0.2) is 4.39 Å². The zero-order chi connectivity index (χ0) is 13.8. The first-order valence-electron chi connectivity index (χ1n) is 7.06. The number of hydrogen-bond acceptors (Lipinski definition) is 2. The van der Waals surface area contributed by atoms with E-state index in [0.717, 1.165) is 31.8 Å². The number of rotatable bonds is 2. The van der Waals surface area contributed by atoms with Crippen molar-refractivity contribution < 1.29 is 4.39 Å². The molecule has 19 heavy (non-hydrogen) atoms. The Labute approximate surface area is 114 Å². The van der Waals surface area contributed by atoms with Crippen LogP contribution in [0, 0.1) is 29.0 Å². The standard InChI is InChI=1S/C16H21FN2/c1-12(2)14-4-3-8-19(9-7-14)16-6-5-13(11-18)10-15(16)17/h5-6,10,12,14H,3-4,7-9H2,1-2H3. The van der Waals surface area contributed by atoms with Crippen molar-refractivity contribution in [3.8, 4) is 6.07 Å². The molecule has 0 N–H and O–H groups in total. The highest BCUT2D eigenvalue weighted by molar-refractivity contribution is 5.51. The number of benzene rings is 1. The fraction of sp³-hybridized carbons (Fsp3) is 0.562. The van der Waals surface area contributed by atoms with Crippen LogP contribution in [0.25, 0.3) is 0 Å². The Morgan fingerprint density at radius 1 is 1.32 bits per heavy atom. The lowest BCUT2D eigenvalue weighted by Gasteiger charge is -2.24. The number of halogens is 1. The molecule has 1 atom stereocenters. The fourth-order valence-corrected chi connectivity index (χ4v) is 2.86. The molecule has 102 valence electrons. The summed E-state index contributed by atoms with van der Waals surface area (Å²) < 4.78 is 14.0. The van der Waals surface area contributed by atoms with Gasteiger partial charge >= 0.3 is 0 Å². The van der Waals surface area contributed by atoms with E-state index in [1.807, 2.05) is 6.07 Å². The van der Waals surface area contributed by atoms with E-state index in [-0.39, 0.29) is 5.82 Å². The highest BCUT2D eigenvalue weighted by Crippen LogP contribution is 2.28. The van der Waals surface area contributed by atoms with Crippen LogP contribution < -0.4 is 4.90 Å². The van der Waals surface area contributed by atoms with Gasteiger partial charge in [-0.15, -0.1) is 0 Å². The van der Waals surface area contributed by atoms with Gasteiger partial charge < -0.3 is 4.90 Å². The van der Waals surface area contributed by atoms with E-state index in [4.69, 9.17) is 5.26 Å². The maximum absolute atomic E-state index is 14.0. The van der Waals surface area contributed by atoms with Gasteiger partial charge in [-0.05, 0) is 49.3 Å². The third-order valence-corrected chi connectivity index (χ3v) is 4.13. The first kappa shape index (κ1) is 13.9. The van der Waals surface area contributed by atoms with Gasteiger partial charge in [0.25, 0.3) is 0 Å². The molecule has 2 rings (SSSR count). The third-order valence-electron chi connectivity index (χ3n) is 4.13. The van der Waals surface area contributed by atoms with Gasteiger partial charge in [0.2, 0.25) is 0 Å². The number of anilines is 1. The van der Waals surface area contributed by atoms with Crippen molar-refractivity contribution in [1.82, 2.24) is 0 Å². The molecule has 0 bridgehead atoms. The molecule has 0 radical (unpaired) electrons. The molecule has 1 heterocycles. The number of nitrogens with zero attached hydrogens (tertiary/aromatic N) is 2. The maximum atomic E-state index is 14.0. The fourth-order valence-electron chi connectivity index (χ4n) is 2.86. The van der Waals surface area contributed by atoms with Gasteiger partial charge in [0.1, 0.15) is 5.82 Å². The summed E-state index contributed by atoms with van der Waals surface area (Å²) in [4.78, 5) is 2.12. The van der Waals surface area contributed by atoms with Crippen LogP contribution in [0.3, 0.4) is 0 Å². The molecule has 1 fully saturated rings. The zero-order valence-electron chi connectivity index (χ0n) is 11.7. The smallest absolute Gasteiger partial charge is 0.147 e. The summed E-state index contributed by atoms with van der Waals surface area (Å²) >= 11 is 0. The molecule has 1 aromatic rings. The van der Waals surface area contributed by atoms with E-state index < -0.39 is 0 Å². The second-order valence-electron chi connectivity index (χ2n) is 5.70. The summed E-state index contributed by atoms with van der Waals surface area (Å²) in [5, 5.41) is 8.77. The second kappa shape index (κ2) is 6.06. The van der Waals surface area contributed by atoms with Crippen LogP contribution in [0.5, 0.6) is 0 Å². The van der Waals surface area contributed by atoms with E-state index in [0.29, 0.717) is 17.2 Å². The Morgan fingerprint density at radius 2 is 2.11 bits per heavy atom. The normalized spacial score (nSPS) is 20.2. The molecule has 0 amide bonds. The van der Waals surface area contributed by atoms with Crippen molar-refractivity contribution in [3.05, 3.63) is 29.6 Å². The number of hydrogen-bond donors (Lipinski definition) is 0. The minimum atomic E-state index is -0.276. The Balaban J connectivity index is 2.12.